The zero-order chi connectivity index (χ0) is 12.3. The van der Waals surface area contributed by atoms with Crippen molar-refractivity contribution in [3.8, 4) is 5.75 Å². The van der Waals surface area contributed by atoms with Crippen molar-refractivity contribution in [3.05, 3.63) is 29.6 Å². The lowest BCUT2D eigenvalue weighted by Crippen LogP contribution is -2.29. The summed E-state index contributed by atoms with van der Waals surface area (Å²) < 4.78 is 18.8. The van der Waals surface area contributed by atoms with Gasteiger partial charge in [-0.05, 0) is 50.8 Å². The van der Waals surface area contributed by atoms with E-state index in [9.17, 15) is 4.39 Å². The van der Waals surface area contributed by atoms with Crippen LogP contribution >= 0.6 is 0 Å². The predicted octanol–water partition coefficient (Wildman–Crippen LogP) is 2.91. The van der Waals surface area contributed by atoms with E-state index in [-0.39, 0.29) is 5.82 Å². The average Bonchev–Trinajstić information content (AvgIpc) is 3.06. The first-order chi connectivity index (χ1) is 8.19. The molecule has 0 radical (unpaired) electrons. The molecule has 0 heterocycles. The number of nitrogens with one attached hydrogen (secondary N) is 1. The van der Waals surface area contributed by atoms with Crippen molar-refractivity contribution in [1.82, 2.24) is 5.32 Å². The highest BCUT2D eigenvalue weighted by atomic mass is 19.1. The summed E-state index contributed by atoms with van der Waals surface area (Å²) in [5, 5.41) is 3.51. The lowest BCUT2D eigenvalue weighted by molar-refractivity contribution is 0.321. The van der Waals surface area contributed by atoms with Crippen molar-refractivity contribution in [1.29, 1.82) is 0 Å². The van der Waals surface area contributed by atoms with Gasteiger partial charge in [0, 0.05) is 12.1 Å². The first kappa shape index (κ1) is 12.4. The summed E-state index contributed by atoms with van der Waals surface area (Å²) in [5.41, 5.74) is 1.02. The maximum Gasteiger partial charge on any atom is 0.165 e. The van der Waals surface area contributed by atoms with E-state index in [4.69, 9.17) is 4.74 Å². The lowest BCUT2D eigenvalue weighted by Gasteiger charge is -2.14. The number of rotatable bonds is 6. The van der Waals surface area contributed by atoms with Gasteiger partial charge < -0.3 is 10.1 Å². The van der Waals surface area contributed by atoms with E-state index >= 15 is 0 Å². The molecule has 1 aromatic rings. The molecule has 1 aliphatic rings. The topological polar surface area (TPSA) is 21.3 Å². The van der Waals surface area contributed by atoms with Crippen LogP contribution < -0.4 is 10.1 Å². The van der Waals surface area contributed by atoms with Crippen LogP contribution in [0, 0.1) is 5.82 Å². The van der Waals surface area contributed by atoms with E-state index in [1.165, 1.54) is 12.8 Å². The van der Waals surface area contributed by atoms with Crippen molar-refractivity contribution < 1.29 is 9.13 Å². The molecule has 1 atom stereocenters. The van der Waals surface area contributed by atoms with E-state index in [1.807, 2.05) is 13.0 Å². The zero-order valence-electron chi connectivity index (χ0n) is 10.5. The third kappa shape index (κ3) is 3.70. The van der Waals surface area contributed by atoms with Gasteiger partial charge in [0.2, 0.25) is 0 Å². The molecule has 0 amide bonds. The zero-order valence-corrected chi connectivity index (χ0v) is 10.5. The molecule has 1 saturated carbocycles. The van der Waals surface area contributed by atoms with Gasteiger partial charge in [-0.2, -0.15) is 0 Å². The molecule has 0 aromatic heterocycles. The highest BCUT2D eigenvalue weighted by molar-refractivity contribution is 5.29. The highest BCUT2D eigenvalue weighted by Crippen LogP contribution is 2.22. The summed E-state index contributed by atoms with van der Waals surface area (Å²) in [6.45, 7) is 4.50. The van der Waals surface area contributed by atoms with Crippen molar-refractivity contribution >= 4 is 0 Å². The Hall–Kier alpha value is -1.09. The molecule has 1 unspecified atom stereocenters. The quantitative estimate of drug-likeness (QED) is 0.821. The van der Waals surface area contributed by atoms with Crippen molar-refractivity contribution in [2.45, 2.75) is 45.2 Å². The normalized spacial score (nSPS) is 16.9. The standard InChI is InChI=1S/C14H20FNO/c1-3-17-14-7-4-11(9-13(14)15)8-10(2)16-12-5-6-12/h4,7,9-10,12,16H,3,5-6,8H2,1-2H3. The molecule has 1 aromatic carbocycles. The van der Waals surface area contributed by atoms with Crippen LogP contribution in [0.1, 0.15) is 32.3 Å². The summed E-state index contributed by atoms with van der Waals surface area (Å²) in [6.07, 6.45) is 3.42. The number of hydrogen-bond acceptors (Lipinski definition) is 2. The number of benzene rings is 1. The van der Waals surface area contributed by atoms with Gasteiger partial charge in [-0.1, -0.05) is 6.07 Å². The fourth-order valence-electron chi connectivity index (χ4n) is 2.01. The maximum absolute atomic E-state index is 13.6. The minimum atomic E-state index is -0.261. The highest BCUT2D eigenvalue weighted by Gasteiger charge is 2.22. The van der Waals surface area contributed by atoms with E-state index < -0.39 is 0 Å². The van der Waals surface area contributed by atoms with Gasteiger partial charge in [0.1, 0.15) is 0 Å². The van der Waals surface area contributed by atoms with Crippen LogP contribution in [0.5, 0.6) is 5.75 Å². The second-order valence-corrected chi connectivity index (χ2v) is 4.74. The molecule has 1 aliphatic carbocycles. The minimum absolute atomic E-state index is 0.261. The smallest absolute Gasteiger partial charge is 0.165 e. The third-order valence-corrected chi connectivity index (χ3v) is 2.94. The average molecular weight is 237 g/mol. The van der Waals surface area contributed by atoms with Crippen LogP contribution in [0.15, 0.2) is 18.2 Å². The summed E-state index contributed by atoms with van der Waals surface area (Å²) in [7, 11) is 0. The second kappa shape index (κ2) is 5.50. The molecule has 17 heavy (non-hydrogen) atoms. The Bertz CT molecular complexity index is 376. The van der Waals surface area contributed by atoms with Gasteiger partial charge in [0.05, 0.1) is 6.61 Å². The van der Waals surface area contributed by atoms with E-state index in [0.717, 1.165) is 12.0 Å². The van der Waals surface area contributed by atoms with Crippen molar-refractivity contribution in [3.63, 3.8) is 0 Å². The molecule has 0 aliphatic heterocycles. The Balaban J connectivity index is 1.93. The molecule has 3 heteroatoms. The lowest BCUT2D eigenvalue weighted by atomic mass is 10.1. The van der Waals surface area contributed by atoms with Crippen LogP contribution in [0.2, 0.25) is 0 Å². The molecule has 0 bridgehead atoms. The predicted molar refractivity (Wildman–Crippen MR) is 66.9 cm³/mol. The molecule has 94 valence electrons. The summed E-state index contributed by atoms with van der Waals surface area (Å²) in [4.78, 5) is 0. The van der Waals surface area contributed by atoms with Crippen LogP contribution in [0.4, 0.5) is 4.39 Å². The SMILES string of the molecule is CCOc1ccc(CC(C)NC2CC2)cc1F. The Morgan fingerprint density at radius 3 is 2.82 bits per heavy atom. The van der Waals surface area contributed by atoms with Crippen molar-refractivity contribution in [2.24, 2.45) is 0 Å². The Labute approximate surface area is 102 Å². The fourth-order valence-corrected chi connectivity index (χ4v) is 2.01. The van der Waals surface area contributed by atoms with Gasteiger partial charge in [-0.15, -0.1) is 0 Å². The number of ether oxygens (including phenoxy) is 1. The van der Waals surface area contributed by atoms with Gasteiger partial charge >= 0.3 is 0 Å². The Morgan fingerprint density at radius 2 is 2.24 bits per heavy atom. The Morgan fingerprint density at radius 1 is 1.47 bits per heavy atom. The molecule has 1 fully saturated rings. The Kier molecular flexibility index (Phi) is 4.00. The molecular weight excluding hydrogens is 217 g/mol. The molecule has 1 N–H and O–H groups in total. The molecule has 2 nitrogen and oxygen atoms in total. The van der Waals surface area contributed by atoms with Gasteiger partial charge in [0.15, 0.2) is 11.6 Å². The van der Waals surface area contributed by atoms with Gasteiger partial charge in [0.25, 0.3) is 0 Å². The molecular formula is C14H20FNO. The largest absolute Gasteiger partial charge is 0.491 e. The van der Waals surface area contributed by atoms with E-state index in [2.05, 4.69) is 12.2 Å². The summed E-state index contributed by atoms with van der Waals surface area (Å²) >= 11 is 0. The third-order valence-electron chi connectivity index (χ3n) is 2.94. The van der Waals surface area contributed by atoms with E-state index in [1.54, 1.807) is 12.1 Å². The maximum atomic E-state index is 13.6. The first-order valence-corrected chi connectivity index (χ1v) is 6.36. The van der Waals surface area contributed by atoms with Crippen molar-refractivity contribution in [2.75, 3.05) is 6.61 Å². The van der Waals surface area contributed by atoms with Gasteiger partial charge in [-0.3, -0.25) is 0 Å². The molecule has 0 spiro atoms. The van der Waals surface area contributed by atoms with E-state index in [0.29, 0.717) is 24.4 Å². The summed E-state index contributed by atoms with van der Waals surface area (Å²) in [6, 6.07) is 6.34. The van der Waals surface area contributed by atoms with Crippen LogP contribution in [-0.2, 0) is 6.42 Å². The molecule has 2 rings (SSSR count). The summed E-state index contributed by atoms with van der Waals surface area (Å²) in [5.74, 6) is 0.0852. The number of hydrogen-bond donors (Lipinski definition) is 1. The van der Waals surface area contributed by atoms with Crippen LogP contribution in [0.3, 0.4) is 0 Å². The number of halogens is 1. The first-order valence-electron chi connectivity index (χ1n) is 6.36. The second-order valence-electron chi connectivity index (χ2n) is 4.74. The van der Waals surface area contributed by atoms with Crippen LogP contribution in [-0.4, -0.2) is 18.7 Å². The van der Waals surface area contributed by atoms with Gasteiger partial charge in [-0.25, -0.2) is 4.39 Å². The monoisotopic (exact) mass is 237 g/mol. The molecule has 0 saturated heterocycles. The van der Waals surface area contributed by atoms with Crippen LogP contribution in [0.25, 0.3) is 0 Å². The fraction of sp³-hybridized carbons (Fsp3) is 0.571. The minimum Gasteiger partial charge on any atom is -0.491 e.